The van der Waals surface area contributed by atoms with Gasteiger partial charge in [0.15, 0.2) is 0 Å². The minimum atomic E-state index is -0.0544. The van der Waals surface area contributed by atoms with Crippen molar-refractivity contribution >= 4 is 30.5 Å². The smallest absolute Gasteiger partial charge is 0.142 e. The van der Waals surface area contributed by atoms with Crippen molar-refractivity contribution in [3.05, 3.63) is 24.3 Å². The van der Waals surface area contributed by atoms with Gasteiger partial charge in [-0.05, 0) is 12.1 Å². The third-order valence-corrected chi connectivity index (χ3v) is 3.30. The predicted octanol–water partition coefficient (Wildman–Crippen LogP) is 1.66. The molecule has 1 N–H and O–H groups in total. The van der Waals surface area contributed by atoms with Crippen LogP contribution in [0.2, 0.25) is 0 Å². The number of rotatable bonds is 3. The molecule has 4 nitrogen and oxygen atoms in total. The Hall–Kier alpha value is -1.12. The summed E-state index contributed by atoms with van der Waals surface area (Å²) < 4.78 is 5.40. The zero-order valence-electron chi connectivity index (χ0n) is 12.1. The molecule has 21 heavy (non-hydrogen) atoms. The standard InChI is InChI=1S/C15H20N2O2.2ClH/c1-19-15-7-3-2-6-14(15)17-11-9-16(10-12-17)8-4-5-13-18;;/h2-3,6-7,18H,8-13H2,1H3;2*1H. The molecule has 1 aromatic carbocycles. The van der Waals surface area contributed by atoms with Gasteiger partial charge < -0.3 is 14.7 Å². The maximum Gasteiger partial charge on any atom is 0.142 e. The fourth-order valence-corrected chi connectivity index (χ4v) is 2.26. The number of ether oxygens (including phenoxy) is 1. The molecule has 1 heterocycles. The Bertz CT molecular complexity index is 466. The largest absolute Gasteiger partial charge is 0.495 e. The fourth-order valence-electron chi connectivity index (χ4n) is 2.26. The van der Waals surface area contributed by atoms with Crippen LogP contribution in [0.5, 0.6) is 5.75 Å². The second-order valence-corrected chi connectivity index (χ2v) is 4.45. The third kappa shape index (κ3) is 5.64. The van der Waals surface area contributed by atoms with E-state index in [0.29, 0.717) is 0 Å². The normalized spacial score (nSPS) is 14.3. The number of hydrogen-bond donors (Lipinski definition) is 1. The molecule has 1 saturated heterocycles. The van der Waals surface area contributed by atoms with E-state index in [9.17, 15) is 0 Å². The van der Waals surface area contributed by atoms with Gasteiger partial charge in [-0.3, -0.25) is 4.90 Å². The number of anilines is 1. The van der Waals surface area contributed by atoms with Crippen molar-refractivity contribution in [3.63, 3.8) is 0 Å². The van der Waals surface area contributed by atoms with Crippen molar-refractivity contribution in [3.8, 4) is 17.6 Å². The zero-order chi connectivity index (χ0) is 13.5. The van der Waals surface area contributed by atoms with E-state index in [-0.39, 0.29) is 31.4 Å². The molecule has 118 valence electrons. The van der Waals surface area contributed by atoms with Gasteiger partial charge in [0.1, 0.15) is 12.4 Å². The van der Waals surface area contributed by atoms with Crippen molar-refractivity contribution in [2.45, 2.75) is 0 Å². The Morgan fingerprint density at radius 1 is 1.10 bits per heavy atom. The maximum atomic E-state index is 8.63. The lowest BCUT2D eigenvalue weighted by atomic mass is 10.2. The zero-order valence-corrected chi connectivity index (χ0v) is 13.8. The van der Waals surface area contributed by atoms with Crippen LogP contribution >= 0.6 is 24.8 Å². The summed E-state index contributed by atoms with van der Waals surface area (Å²) in [6.45, 7) is 4.60. The summed E-state index contributed by atoms with van der Waals surface area (Å²) in [5.41, 5.74) is 1.16. The monoisotopic (exact) mass is 332 g/mol. The summed E-state index contributed by atoms with van der Waals surface area (Å²) in [5.74, 6) is 6.58. The minimum absolute atomic E-state index is 0. The van der Waals surface area contributed by atoms with Crippen LogP contribution in [0.15, 0.2) is 24.3 Å². The minimum Gasteiger partial charge on any atom is -0.495 e. The fraction of sp³-hybridized carbons (Fsp3) is 0.467. The number of aliphatic hydroxyl groups is 1. The molecule has 1 aliphatic rings. The van der Waals surface area contributed by atoms with Crippen LogP contribution in [-0.2, 0) is 0 Å². The topological polar surface area (TPSA) is 35.9 Å². The second-order valence-electron chi connectivity index (χ2n) is 4.45. The highest BCUT2D eigenvalue weighted by Gasteiger charge is 2.18. The van der Waals surface area contributed by atoms with Gasteiger partial charge in [0.25, 0.3) is 0 Å². The average molecular weight is 333 g/mol. The Kier molecular flexibility index (Phi) is 10.0. The Labute approximate surface area is 138 Å². The highest BCUT2D eigenvalue weighted by atomic mass is 35.5. The van der Waals surface area contributed by atoms with E-state index in [2.05, 4.69) is 27.7 Å². The van der Waals surface area contributed by atoms with Gasteiger partial charge in [-0.2, -0.15) is 0 Å². The third-order valence-electron chi connectivity index (χ3n) is 3.30. The summed E-state index contributed by atoms with van der Waals surface area (Å²) in [4.78, 5) is 4.64. The van der Waals surface area contributed by atoms with E-state index < -0.39 is 0 Å². The summed E-state index contributed by atoms with van der Waals surface area (Å²) in [6, 6.07) is 8.12. The predicted molar refractivity (Wildman–Crippen MR) is 91.0 cm³/mol. The molecule has 6 heteroatoms. The van der Waals surface area contributed by atoms with Gasteiger partial charge in [-0.15, -0.1) is 24.8 Å². The van der Waals surface area contributed by atoms with Crippen LogP contribution in [0.4, 0.5) is 5.69 Å². The Morgan fingerprint density at radius 2 is 1.76 bits per heavy atom. The van der Waals surface area contributed by atoms with Gasteiger partial charge >= 0.3 is 0 Å². The Morgan fingerprint density at radius 3 is 2.38 bits per heavy atom. The van der Waals surface area contributed by atoms with E-state index in [1.165, 1.54) is 0 Å². The molecule has 0 spiro atoms. The van der Waals surface area contributed by atoms with Gasteiger partial charge in [-0.1, -0.05) is 24.0 Å². The van der Waals surface area contributed by atoms with Gasteiger partial charge in [-0.25, -0.2) is 0 Å². The van der Waals surface area contributed by atoms with Crippen LogP contribution in [0.25, 0.3) is 0 Å². The molecule has 0 atom stereocenters. The van der Waals surface area contributed by atoms with E-state index in [4.69, 9.17) is 9.84 Å². The van der Waals surface area contributed by atoms with E-state index >= 15 is 0 Å². The number of para-hydroxylation sites is 2. The van der Waals surface area contributed by atoms with Crippen LogP contribution in [0, 0.1) is 11.8 Å². The molecule has 0 radical (unpaired) electrons. The van der Waals surface area contributed by atoms with Crippen molar-refractivity contribution in [1.29, 1.82) is 0 Å². The molecular formula is C15H22Cl2N2O2. The summed E-state index contributed by atoms with van der Waals surface area (Å²) in [5, 5.41) is 8.63. The first-order valence-corrected chi connectivity index (χ1v) is 6.52. The quantitative estimate of drug-likeness (QED) is 0.854. The highest BCUT2D eigenvalue weighted by Crippen LogP contribution is 2.28. The molecule has 0 aromatic heterocycles. The number of hydrogen-bond acceptors (Lipinski definition) is 4. The molecule has 0 bridgehead atoms. The second kappa shape index (κ2) is 10.6. The van der Waals surface area contributed by atoms with Gasteiger partial charge in [0.2, 0.25) is 0 Å². The van der Waals surface area contributed by atoms with E-state index in [0.717, 1.165) is 44.2 Å². The SMILES string of the molecule is COc1ccccc1N1CCN(CC#CCO)CC1.Cl.Cl. The number of piperazine rings is 1. The number of methoxy groups -OCH3 is 1. The number of benzene rings is 1. The number of halogens is 2. The lowest BCUT2D eigenvalue weighted by molar-refractivity contribution is 0.286. The molecule has 1 aromatic rings. The first-order chi connectivity index (χ1) is 9.35. The first-order valence-electron chi connectivity index (χ1n) is 6.52. The molecule has 0 unspecified atom stereocenters. The van der Waals surface area contributed by atoms with E-state index in [1.807, 2.05) is 18.2 Å². The molecule has 2 rings (SSSR count). The molecule has 0 saturated carbocycles. The van der Waals surface area contributed by atoms with Crippen molar-refractivity contribution < 1.29 is 9.84 Å². The van der Waals surface area contributed by atoms with Crippen LogP contribution in [-0.4, -0.2) is 56.4 Å². The first kappa shape index (κ1) is 19.9. The van der Waals surface area contributed by atoms with Crippen molar-refractivity contribution in [2.75, 3.05) is 51.3 Å². The van der Waals surface area contributed by atoms with Gasteiger partial charge in [0.05, 0.1) is 19.3 Å². The highest BCUT2D eigenvalue weighted by molar-refractivity contribution is 5.85. The van der Waals surface area contributed by atoms with Gasteiger partial charge in [0, 0.05) is 26.2 Å². The van der Waals surface area contributed by atoms with Crippen LogP contribution in [0.1, 0.15) is 0 Å². The Balaban J connectivity index is 0.00000200. The van der Waals surface area contributed by atoms with Crippen molar-refractivity contribution in [2.24, 2.45) is 0 Å². The molecule has 1 fully saturated rings. The van der Waals surface area contributed by atoms with Crippen LogP contribution in [0.3, 0.4) is 0 Å². The number of nitrogens with zero attached hydrogens (tertiary/aromatic N) is 2. The van der Waals surface area contributed by atoms with E-state index in [1.54, 1.807) is 7.11 Å². The summed E-state index contributed by atoms with van der Waals surface area (Å²) >= 11 is 0. The van der Waals surface area contributed by atoms with Crippen LogP contribution < -0.4 is 9.64 Å². The summed E-state index contributed by atoms with van der Waals surface area (Å²) in [7, 11) is 1.71. The lowest BCUT2D eigenvalue weighted by Gasteiger charge is -2.35. The molecular weight excluding hydrogens is 311 g/mol. The maximum absolute atomic E-state index is 8.63. The average Bonchev–Trinajstić information content (AvgIpc) is 2.48. The van der Waals surface area contributed by atoms with Crippen molar-refractivity contribution in [1.82, 2.24) is 4.90 Å². The molecule has 1 aliphatic heterocycles. The molecule has 0 amide bonds. The lowest BCUT2D eigenvalue weighted by Crippen LogP contribution is -2.46. The molecule has 0 aliphatic carbocycles. The number of aliphatic hydroxyl groups excluding tert-OH is 1. The summed E-state index contributed by atoms with van der Waals surface area (Å²) in [6.07, 6.45) is 0.